The van der Waals surface area contributed by atoms with Gasteiger partial charge in [-0.3, -0.25) is 5.01 Å². The standard InChI is InChI=1S/C49H32N4O/c50-30-32-12-14-37(15-13-32)43-10-5-11-44-45-29-41(24-26-46(45)54-48(43)44)36-18-16-34(17-19-36)39-8-4-9-40(28-39)35-20-22-38(23-21-35)49-51-47-27-25-42(31-53(47)52-49)33-6-2-1-3-7-33/h1-29,31,49,52H. The molecule has 1 N–H and O–H groups in total. The Morgan fingerprint density at radius 2 is 1.19 bits per heavy atom. The molecule has 0 aliphatic carbocycles. The molecular formula is C49H32N4O. The second kappa shape index (κ2) is 13.1. The monoisotopic (exact) mass is 692 g/mol. The van der Waals surface area contributed by atoms with Crippen LogP contribution in [0.3, 0.4) is 0 Å². The second-order valence-corrected chi connectivity index (χ2v) is 13.6. The van der Waals surface area contributed by atoms with E-state index >= 15 is 0 Å². The summed E-state index contributed by atoms with van der Waals surface area (Å²) in [5.74, 6) is 0.910. The highest BCUT2D eigenvalue weighted by atomic mass is 16.3. The number of fused-ring (bicyclic) bond motifs is 4. The Balaban J connectivity index is 0.868. The third-order valence-corrected chi connectivity index (χ3v) is 10.4. The van der Waals surface area contributed by atoms with Gasteiger partial charge in [-0.1, -0.05) is 133 Å². The summed E-state index contributed by atoms with van der Waals surface area (Å²) in [5, 5.41) is 13.4. The summed E-state index contributed by atoms with van der Waals surface area (Å²) in [7, 11) is 0. The minimum Gasteiger partial charge on any atom is -0.455 e. The van der Waals surface area contributed by atoms with Crippen LogP contribution in [0.5, 0.6) is 0 Å². The predicted molar refractivity (Wildman–Crippen MR) is 219 cm³/mol. The Kier molecular flexibility index (Phi) is 7.61. The molecule has 0 saturated heterocycles. The first-order valence-electron chi connectivity index (χ1n) is 18.0. The summed E-state index contributed by atoms with van der Waals surface area (Å²) < 4.78 is 6.40. The van der Waals surface area contributed by atoms with E-state index in [-0.39, 0.29) is 6.17 Å². The Morgan fingerprint density at radius 1 is 0.556 bits per heavy atom. The Labute approximate surface area is 313 Å². The summed E-state index contributed by atoms with van der Waals surface area (Å²) in [4.78, 5) is 4.93. The number of benzene rings is 7. The van der Waals surface area contributed by atoms with Gasteiger partial charge in [0, 0.05) is 22.5 Å². The highest BCUT2D eigenvalue weighted by Crippen LogP contribution is 2.38. The van der Waals surface area contributed by atoms with E-state index in [1.165, 1.54) is 16.7 Å². The molecule has 2 aliphatic rings. The quantitative estimate of drug-likeness (QED) is 0.188. The van der Waals surface area contributed by atoms with Crippen LogP contribution in [-0.4, -0.2) is 10.8 Å². The third-order valence-electron chi connectivity index (χ3n) is 10.4. The highest BCUT2D eigenvalue weighted by molar-refractivity contribution is 6.10. The van der Waals surface area contributed by atoms with Crippen molar-refractivity contribution in [3.8, 4) is 50.6 Å². The van der Waals surface area contributed by atoms with Gasteiger partial charge in [-0.2, -0.15) is 5.26 Å². The predicted octanol–water partition coefficient (Wildman–Crippen LogP) is 12.0. The Bertz CT molecular complexity index is 2840. The molecule has 1 atom stereocenters. The SMILES string of the molecule is N#Cc1ccc(-c2cccc3c2oc2ccc(-c4ccc(-c5cccc(-c6ccc(C7N=C8C=CC(c9ccccc9)=CN8N7)cc6)c5)cc4)cc23)cc1. The van der Waals surface area contributed by atoms with Crippen molar-refractivity contribution in [3.05, 3.63) is 199 Å². The molecule has 1 aromatic heterocycles. The van der Waals surface area contributed by atoms with Gasteiger partial charge in [0.15, 0.2) is 0 Å². The number of rotatable bonds is 6. The van der Waals surface area contributed by atoms with Gasteiger partial charge in [0.1, 0.15) is 23.2 Å². The Morgan fingerprint density at radius 3 is 1.91 bits per heavy atom. The van der Waals surface area contributed by atoms with E-state index in [1.807, 2.05) is 35.3 Å². The van der Waals surface area contributed by atoms with Gasteiger partial charge in [-0.15, -0.1) is 0 Å². The van der Waals surface area contributed by atoms with Crippen LogP contribution in [0.15, 0.2) is 192 Å². The fourth-order valence-electron chi connectivity index (χ4n) is 7.47. The topological polar surface area (TPSA) is 64.6 Å². The van der Waals surface area contributed by atoms with Crippen molar-refractivity contribution >= 4 is 33.3 Å². The summed E-state index contributed by atoms with van der Waals surface area (Å²) in [6, 6.07) is 59.1. The molecule has 2 aliphatic heterocycles. The maximum Gasteiger partial charge on any atom is 0.144 e. The summed E-state index contributed by atoms with van der Waals surface area (Å²) >= 11 is 0. The number of allylic oxidation sites excluding steroid dienone is 2. The van der Waals surface area contributed by atoms with Crippen molar-refractivity contribution in [2.24, 2.45) is 4.99 Å². The zero-order valence-corrected chi connectivity index (χ0v) is 29.1. The fraction of sp³-hybridized carbons (Fsp3) is 0.0204. The number of aliphatic imine (C=N–C) groups is 1. The van der Waals surface area contributed by atoms with E-state index in [9.17, 15) is 5.26 Å². The molecule has 0 bridgehead atoms. The van der Waals surface area contributed by atoms with Crippen LogP contribution in [0.1, 0.15) is 22.9 Å². The molecule has 10 rings (SSSR count). The van der Waals surface area contributed by atoms with Crippen LogP contribution < -0.4 is 5.43 Å². The van der Waals surface area contributed by atoms with Gasteiger partial charge in [0.2, 0.25) is 0 Å². The lowest BCUT2D eigenvalue weighted by Gasteiger charge is -2.20. The minimum atomic E-state index is -0.144. The van der Waals surface area contributed by atoms with Gasteiger partial charge in [-0.05, 0) is 98.1 Å². The molecule has 5 heteroatoms. The molecule has 0 radical (unpaired) electrons. The van der Waals surface area contributed by atoms with Crippen molar-refractivity contribution in [2.75, 3.05) is 0 Å². The number of para-hydroxylation sites is 1. The molecule has 5 nitrogen and oxygen atoms in total. The van der Waals surface area contributed by atoms with Crippen LogP contribution in [0.2, 0.25) is 0 Å². The number of nitrogens with zero attached hydrogens (tertiary/aromatic N) is 3. The molecule has 8 aromatic rings. The summed E-state index contributed by atoms with van der Waals surface area (Å²) in [5.41, 5.74) is 18.3. The third kappa shape index (κ3) is 5.68. The van der Waals surface area contributed by atoms with E-state index in [4.69, 9.17) is 9.41 Å². The van der Waals surface area contributed by atoms with Gasteiger partial charge in [0.25, 0.3) is 0 Å². The van der Waals surface area contributed by atoms with Crippen LogP contribution >= 0.6 is 0 Å². The van der Waals surface area contributed by atoms with Crippen molar-refractivity contribution in [1.82, 2.24) is 10.4 Å². The first-order valence-corrected chi connectivity index (χ1v) is 18.0. The van der Waals surface area contributed by atoms with Crippen molar-refractivity contribution in [3.63, 3.8) is 0 Å². The fourth-order valence-corrected chi connectivity index (χ4v) is 7.47. The van der Waals surface area contributed by atoms with E-state index < -0.39 is 0 Å². The largest absolute Gasteiger partial charge is 0.455 e. The molecule has 0 fully saturated rings. The molecule has 7 aromatic carbocycles. The minimum absolute atomic E-state index is 0.144. The number of nitrogens with one attached hydrogen (secondary N) is 1. The van der Waals surface area contributed by atoms with Crippen LogP contribution in [-0.2, 0) is 0 Å². The molecule has 54 heavy (non-hydrogen) atoms. The van der Waals surface area contributed by atoms with Gasteiger partial charge >= 0.3 is 0 Å². The number of amidine groups is 1. The van der Waals surface area contributed by atoms with Crippen LogP contribution in [0, 0.1) is 11.3 Å². The van der Waals surface area contributed by atoms with Crippen molar-refractivity contribution in [1.29, 1.82) is 5.26 Å². The van der Waals surface area contributed by atoms with Crippen LogP contribution in [0.4, 0.5) is 0 Å². The highest BCUT2D eigenvalue weighted by Gasteiger charge is 2.25. The smallest absolute Gasteiger partial charge is 0.144 e. The van der Waals surface area contributed by atoms with E-state index in [1.54, 1.807) is 0 Å². The van der Waals surface area contributed by atoms with Crippen molar-refractivity contribution < 1.29 is 4.42 Å². The molecule has 0 spiro atoms. The lowest BCUT2D eigenvalue weighted by molar-refractivity contribution is 0.388. The normalized spacial score (nSPS) is 14.9. The summed E-state index contributed by atoms with van der Waals surface area (Å²) in [6.45, 7) is 0. The van der Waals surface area contributed by atoms with E-state index in [0.717, 1.165) is 72.3 Å². The van der Waals surface area contributed by atoms with Gasteiger partial charge < -0.3 is 4.42 Å². The van der Waals surface area contributed by atoms with Crippen LogP contribution in [0.25, 0.3) is 72.0 Å². The first-order chi connectivity index (χ1) is 26.7. The molecule has 0 saturated carbocycles. The van der Waals surface area contributed by atoms with Gasteiger partial charge in [-0.25, -0.2) is 10.4 Å². The summed E-state index contributed by atoms with van der Waals surface area (Å²) in [6.07, 6.45) is 6.15. The number of furan rings is 1. The zero-order chi connectivity index (χ0) is 36.0. The average molecular weight is 693 g/mol. The molecule has 1 unspecified atom stereocenters. The number of hydrazine groups is 1. The lowest BCUT2D eigenvalue weighted by Crippen LogP contribution is -2.33. The first kappa shape index (κ1) is 31.5. The zero-order valence-electron chi connectivity index (χ0n) is 29.1. The molecular weight excluding hydrogens is 661 g/mol. The maximum absolute atomic E-state index is 9.22. The maximum atomic E-state index is 9.22. The molecule has 3 heterocycles. The van der Waals surface area contributed by atoms with E-state index in [2.05, 4.69) is 163 Å². The van der Waals surface area contributed by atoms with Crippen molar-refractivity contribution in [2.45, 2.75) is 6.17 Å². The molecule has 254 valence electrons. The second-order valence-electron chi connectivity index (χ2n) is 13.6. The molecule has 0 amide bonds. The number of nitriles is 1. The van der Waals surface area contributed by atoms with Gasteiger partial charge in [0.05, 0.1) is 11.6 Å². The number of hydrogen-bond acceptors (Lipinski definition) is 5. The number of hydrogen-bond donors (Lipinski definition) is 1. The lowest BCUT2D eigenvalue weighted by atomic mass is 9.96. The average Bonchev–Trinajstić information content (AvgIpc) is 3.85. The van der Waals surface area contributed by atoms with E-state index in [0.29, 0.717) is 5.56 Å². The Hall–Kier alpha value is -7.26.